The molecule has 0 aliphatic carbocycles. The van der Waals surface area contributed by atoms with E-state index in [2.05, 4.69) is 0 Å². The Labute approximate surface area is 99.8 Å². The molecular formula is C12H16N2O3. The number of nitrogens with two attached hydrogens (primary N) is 1. The van der Waals surface area contributed by atoms with Crippen LogP contribution in [0.1, 0.15) is 23.2 Å². The number of hydrogen-bond acceptors (Lipinski definition) is 3. The fourth-order valence-corrected chi connectivity index (χ4v) is 1.50. The summed E-state index contributed by atoms with van der Waals surface area (Å²) in [6, 6.07) is 6.42. The monoisotopic (exact) mass is 236 g/mol. The van der Waals surface area contributed by atoms with Crippen molar-refractivity contribution in [3.63, 3.8) is 0 Å². The van der Waals surface area contributed by atoms with Crippen LogP contribution in [-0.2, 0) is 4.79 Å². The quantitative estimate of drug-likeness (QED) is 0.801. The molecule has 5 nitrogen and oxygen atoms in total. The summed E-state index contributed by atoms with van der Waals surface area (Å²) >= 11 is 0. The van der Waals surface area contributed by atoms with Crippen molar-refractivity contribution < 1.29 is 14.7 Å². The minimum Gasteiger partial charge on any atom is -0.478 e. The largest absolute Gasteiger partial charge is 0.478 e. The molecule has 1 amide bonds. The molecule has 1 aromatic carbocycles. The van der Waals surface area contributed by atoms with E-state index in [0.717, 1.165) is 0 Å². The van der Waals surface area contributed by atoms with E-state index in [9.17, 15) is 9.59 Å². The van der Waals surface area contributed by atoms with Gasteiger partial charge in [0.25, 0.3) is 0 Å². The number of anilines is 1. The van der Waals surface area contributed by atoms with E-state index < -0.39 is 5.97 Å². The number of carboxylic acids is 1. The van der Waals surface area contributed by atoms with Crippen molar-refractivity contribution in [3.8, 4) is 0 Å². The molecule has 0 bridgehead atoms. The van der Waals surface area contributed by atoms with Gasteiger partial charge >= 0.3 is 5.97 Å². The number of nitrogens with zero attached hydrogens (tertiary/aromatic N) is 1. The Morgan fingerprint density at radius 2 is 2.00 bits per heavy atom. The molecule has 17 heavy (non-hydrogen) atoms. The first-order valence-corrected chi connectivity index (χ1v) is 5.37. The number of benzene rings is 1. The van der Waals surface area contributed by atoms with Gasteiger partial charge in [0.1, 0.15) is 0 Å². The van der Waals surface area contributed by atoms with Gasteiger partial charge in [-0.1, -0.05) is 12.1 Å². The summed E-state index contributed by atoms with van der Waals surface area (Å²) in [4.78, 5) is 24.1. The molecule has 0 unspecified atom stereocenters. The van der Waals surface area contributed by atoms with Gasteiger partial charge in [0.15, 0.2) is 0 Å². The highest BCUT2D eigenvalue weighted by Crippen LogP contribution is 2.19. The van der Waals surface area contributed by atoms with Crippen LogP contribution in [0.15, 0.2) is 24.3 Å². The first-order valence-electron chi connectivity index (χ1n) is 5.37. The summed E-state index contributed by atoms with van der Waals surface area (Å²) in [7, 11) is 1.57. The zero-order valence-corrected chi connectivity index (χ0v) is 9.72. The molecule has 0 saturated carbocycles. The molecule has 0 atom stereocenters. The van der Waals surface area contributed by atoms with Gasteiger partial charge in [0.05, 0.1) is 11.3 Å². The molecule has 0 saturated heterocycles. The van der Waals surface area contributed by atoms with Crippen LogP contribution in [0.5, 0.6) is 0 Å². The highest BCUT2D eigenvalue weighted by atomic mass is 16.4. The lowest BCUT2D eigenvalue weighted by Crippen LogP contribution is -2.28. The minimum atomic E-state index is -1.04. The van der Waals surface area contributed by atoms with Gasteiger partial charge in [0.2, 0.25) is 5.91 Å². The van der Waals surface area contributed by atoms with Crippen LogP contribution in [-0.4, -0.2) is 30.6 Å². The van der Waals surface area contributed by atoms with E-state index in [1.807, 2.05) is 0 Å². The van der Waals surface area contributed by atoms with Crippen molar-refractivity contribution >= 4 is 17.6 Å². The van der Waals surface area contributed by atoms with Crippen molar-refractivity contribution in [2.24, 2.45) is 5.73 Å². The third-order valence-electron chi connectivity index (χ3n) is 2.46. The smallest absolute Gasteiger partial charge is 0.337 e. The lowest BCUT2D eigenvalue weighted by atomic mass is 10.1. The highest BCUT2D eigenvalue weighted by Gasteiger charge is 2.16. The van der Waals surface area contributed by atoms with Crippen LogP contribution >= 0.6 is 0 Å². The van der Waals surface area contributed by atoms with Crippen LogP contribution in [0, 0.1) is 0 Å². The molecule has 0 spiro atoms. The second-order valence-electron chi connectivity index (χ2n) is 3.67. The maximum absolute atomic E-state index is 11.8. The molecule has 3 N–H and O–H groups in total. The number of amides is 1. The molecule has 5 heteroatoms. The van der Waals surface area contributed by atoms with E-state index in [4.69, 9.17) is 10.8 Å². The number of aromatic carboxylic acids is 1. The molecule has 92 valence electrons. The second kappa shape index (κ2) is 6.00. The minimum absolute atomic E-state index is 0.121. The maximum Gasteiger partial charge on any atom is 0.337 e. The standard InChI is InChI=1S/C12H16N2O3/c1-14(11(15)7-4-8-13)10-6-3-2-5-9(10)12(16)17/h2-3,5-6H,4,7-8,13H2,1H3,(H,16,17). The maximum atomic E-state index is 11.8. The van der Waals surface area contributed by atoms with E-state index >= 15 is 0 Å². The van der Waals surface area contributed by atoms with Gasteiger partial charge in [-0.3, -0.25) is 4.79 Å². The fourth-order valence-electron chi connectivity index (χ4n) is 1.50. The van der Waals surface area contributed by atoms with Gasteiger partial charge in [-0.05, 0) is 25.1 Å². The molecule has 0 aliphatic heterocycles. The Balaban J connectivity index is 2.91. The fraction of sp³-hybridized carbons (Fsp3) is 0.333. The van der Waals surface area contributed by atoms with Gasteiger partial charge in [-0.25, -0.2) is 4.79 Å². The third-order valence-corrected chi connectivity index (χ3v) is 2.46. The number of carbonyl (C=O) groups excluding carboxylic acids is 1. The molecule has 0 aliphatic rings. The van der Waals surface area contributed by atoms with Gasteiger partial charge in [-0.15, -0.1) is 0 Å². The molecule has 0 heterocycles. The zero-order chi connectivity index (χ0) is 12.8. The first kappa shape index (κ1) is 13.2. The van der Waals surface area contributed by atoms with Crippen molar-refractivity contribution in [3.05, 3.63) is 29.8 Å². The molecule has 0 aromatic heterocycles. The topological polar surface area (TPSA) is 83.6 Å². The summed E-state index contributed by atoms with van der Waals surface area (Å²) in [5, 5.41) is 9.01. The average Bonchev–Trinajstić information content (AvgIpc) is 2.34. The number of carboxylic acid groups (broad SMARTS) is 1. The summed E-state index contributed by atoms with van der Waals surface area (Å²) in [6.45, 7) is 0.445. The van der Waals surface area contributed by atoms with E-state index in [1.54, 1.807) is 25.2 Å². The summed E-state index contributed by atoms with van der Waals surface area (Å²) in [6.07, 6.45) is 0.916. The average molecular weight is 236 g/mol. The van der Waals surface area contributed by atoms with Crippen LogP contribution < -0.4 is 10.6 Å². The third kappa shape index (κ3) is 3.29. The summed E-state index contributed by atoms with van der Waals surface area (Å²) in [5.41, 5.74) is 5.85. The molecule has 0 radical (unpaired) electrons. The van der Waals surface area contributed by atoms with Gasteiger partial charge in [-0.2, -0.15) is 0 Å². The lowest BCUT2D eigenvalue weighted by Gasteiger charge is -2.19. The summed E-state index contributed by atoms with van der Waals surface area (Å²) < 4.78 is 0. The predicted octanol–water partition coefficient (Wildman–Crippen LogP) is 1.09. The number of rotatable bonds is 5. The molecule has 1 aromatic rings. The van der Waals surface area contributed by atoms with Crippen LogP contribution in [0.2, 0.25) is 0 Å². The molecule has 1 rings (SSSR count). The summed E-state index contributed by atoms with van der Waals surface area (Å²) in [5.74, 6) is -1.18. The molecular weight excluding hydrogens is 220 g/mol. The van der Waals surface area contributed by atoms with E-state index in [1.165, 1.54) is 11.0 Å². The van der Waals surface area contributed by atoms with Crippen molar-refractivity contribution in [1.82, 2.24) is 0 Å². The SMILES string of the molecule is CN(C(=O)CCCN)c1ccccc1C(=O)O. The van der Waals surface area contributed by atoms with Crippen molar-refractivity contribution in [1.29, 1.82) is 0 Å². The Morgan fingerprint density at radius 3 is 2.59 bits per heavy atom. The van der Waals surface area contributed by atoms with Crippen LogP contribution in [0.25, 0.3) is 0 Å². The van der Waals surface area contributed by atoms with Crippen LogP contribution in [0.3, 0.4) is 0 Å². The normalized spacial score (nSPS) is 10.0. The van der Waals surface area contributed by atoms with Crippen LogP contribution in [0.4, 0.5) is 5.69 Å². The Hall–Kier alpha value is -1.88. The van der Waals surface area contributed by atoms with Gasteiger partial charge < -0.3 is 15.7 Å². The number of para-hydroxylation sites is 1. The Bertz CT molecular complexity index is 418. The lowest BCUT2D eigenvalue weighted by molar-refractivity contribution is -0.118. The van der Waals surface area contributed by atoms with E-state index in [-0.39, 0.29) is 11.5 Å². The Kier molecular flexibility index (Phi) is 4.66. The Morgan fingerprint density at radius 1 is 1.35 bits per heavy atom. The second-order valence-corrected chi connectivity index (χ2v) is 3.67. The molecule has 0 fully saturated rings. The predicted molar refractivity (Wildman–Crippen MR) is 65.1 cm³/mol. The van der Waals surface area contributed by atoms with Gasteiger partial charge in [0, 0.05) is 13.5 Å². The number of hydrogen-bond donors (Lipinski definition) is 2. The van der Waals surface area contributed by atoms with Crippen molar-refractivity contribution in [2.75, 3.05) is 18.5 Å². The number of carbonyl (C=O) groups is 2. The first-order chi connectivity index (χ1) is 8.07. The highest BCUT2D eigenvalue weighted by molar-refractivity contribution is 6.01. The zero-order valence-electron chi connectivity index (χ0n) is 9.72. The van der Waals surface area contributed by atoms with E-state index in [0.29, 0.717) is 25.1 Å². The van der Waals surface area contributed by atoms with Crippen molar-refractivity contribution in [2.45, 2.75) is 12.8 Å².